The molecule has 1 aromatic carbocycles. The third-order valence-corrected chi connectivity index (χ3v) is 4.76. The molecule has 0 aliphatic heterocycles. The summed E-state index contributed by atoms with van der Waals surface area (Å²) in [6.45, 7) is 3.76. The molecule has 150 valence electrons. The van der Waals surface area contributed by atoms with E-state index in [1.165, 1.54) is 12.5 Å². The molecule has 0 unspecified atom stereocenters. The van der Waals surface area contributed by atoms with Gasteiger partial charge < -0.3 is 10.6 Å². The average molecular weight is 418 g/mol. The minimum atomic E-state index is -1.27. The van der Waals surface area contributed by atoms with Gasteiger partial charge in [0.05, 0.1) is 5.92 Å². The fourth-order valence-electron chi connectivity index (χ4n) is 2.63. The first-order valence-electron chi connectivity index (χ1n) is 8.54. The van der Waals surface area contributed by atoms with Gasteiger partial charge in [-0.3, -0.25) is 19.6 Å². The number of likely N-dealkylation sites (N-methyl/N-ethyl adjacent to an activating group) is 1. The number of rotatable bonds is 9. The van der Waals surface area contributed by atoms with E-state index < -0.39 is 29.2 Å². The second-order valence-corrected chi connectivity index (χ2v) is 7.53. The van der Waals surface area contributed by atoms with Crippen LogP contribution in [0.15, 0.2) is 24.3 Å². The van der Waals surface area contributed by atoms with Crippen molar-refractivity contribution < 1.29 is 19.6 Å². The van der Waals surface area contributed by atoms with Crippen LogP contribution in [-0.4, -0.2) is 41.4 Å². The molecule has 9 heteroatoms. The molecule has 0 aliphatic rings. The fourth-order valence-corrected chi connectivity index (χ4v) is 3.02. The summed E-state index contributed by atoms with van der Waals surface area (Å²) in [7, 11) is 1.47. The molecule has 0 aliphatic carbocycles. The van der Waals surface area contributed by atoms with Crippen molar-refractivity contribution in [2.75, 3.05) is 7.05 Å². The Hall–Kier alpha value is -1.83. The second kappa shape index (κ2) is 11.1. The van der Waals surface area contributed by atoms with Gasteiger partial charge in [-0.25, -0.2) is 5.48 Å². The van der Waals surface area contributed by atoms with Gasteiger partial charge in [0, 0.05) is 18.5 Å². The fraction of sp³-hybridized carbons (Fsp3) is 0.500. The molecular weight excluding hydrogens is 393 g/mol. The van der Waals surface area contributed by atoms with Crippen molar-refractivity contribution in [1.82, 2.24) is 16.1 Å². The lowest BCUT2D eigenvalue weighted by Gasteiger charge is -2.25. The lowest BCUT2D eigenvalue weighted by atomic mass is 9.92. The highest BCUT2D eigenvalue weighted by Gasteiger charge is 2.34. The van der Waals surface area contributed by atoms with Gasteiger partial charge in [-0.15, -0.1) is 11.6 Å². The van der Waals surface area contributed by atoms with E-state index in [1.807, 2.05) is 13.8 Å². The number of amides is 3. The zero-order valence-electron chi connectivity index (χ0n) is 15.5. The average Bonchev–Trinajstić information content (AvgIpc) is 2.65. The highest BCUT2D eigenvalue weighted by atomic mass is 35.5. The molecule has 0 radical (unpaired) electrons. The van der Waals surface area contributed by atoms with E-state index in [9.17, 15) is 14.4 Å². The number of hydrogen-bond donors (Lipinski definition) is 4. The lowest BCUT2D eigenvalue weighted by molar-refractivity contribution is -0.136. The maximum atomic E-state index is 12.8. The number of carbonyl (C=O) groups excluding carboxylic acids is 3. The van der Waals surface area contributed by atoms with Crippen LogP contribution >= 0.6 is 23.2 Å². The highest BCUT2D eigenvalue weighted by Crippen LogP contribution is 2.21. The smallest absolute Gasteiger partial charge is 0.262 e. The van der Waals surface area contributed by atoms with E-state index >= 15 is 0 Å². The topological polar surface area (TPSA) is 108 Å². The van der Waals surface area contributed by atoms with Crippen LogP contribution in [0, 0.1) is 11.8 Å². The van der Waals surface area contributed by atoms with Crippen molar-refractivity contribution in [3.05, 3.63) is 34.9 Å². The summed E-state index contributed by atoms with van der Waals surface area (Å²) in [4.78, 5) is 36.6. The Bertz CT molecular complexity index is 653. The van der Waals surface area contributed by atoms with Gasteiger partial charge in [-0.2, -0.15) is 0 Å². The van der Waals surface area contributed by atoms with Crippen molar-refractivity contribution in [3.8, 4) is 0 Å². The molecule has 1 rings (SSSR count). The summed E-state index contributed by atoms with van der Waals surface area (Å²) >= 11 is 11.9. The van der Waals surface area contributed by atoms with Crippen molar-refractivity contribution in [2.45, 2.75) is 38.1 Å². The predicted octanol–water partition coefficient (Wildman–Crippen LogP) is 1.89. The van der Waals surface area contributed by atoms with Gasteiger partial charge in [-0.05, 0) is 30.0 Å². The molecule has 0 saturated heterocycles. The Morgan fingerprint density at radius 2 is 1.67 bits per heavy atom. The molecule has 3 amide bonds. The van der Waals surface area contributed by atoms with Crippen LogP contribution in [0.25, 0.3) is 0 Å². The third kappa shape index (κ3) is 7.36. The first-order chi connectivity index (χ1) is 12.7. The summed E-state index contributed by atoms with van der Waals surface area (Å²) < 4.78 is 0. The Morgan fingerprint density at radius 3 is 2.15 bits per heavy atom. The summed E-state index contributed by atoms with van der Waals surface area (Å²) in [6.07, 6.45) is 0.560. The molecule has 7 nitrogen and oxygen atoms in total. The third-order valence-electron chi connectivity index (χ3n) is 4.01. The van der Waals surface area contributed by atoms with Crippen molar-refractivity contribution in [1.29, 1.82) is 0 Å². The van der Waals surface area contributed by atoms with E-state index in [4.69, 9.17) is 28.4 Å². The highest BCUT2D eigenvalue weighted by molar-refractivity contribution is 6.32. The first-order valence-corrected chi connectivity index (χ1v) is 9.35. The van der Waals surface area contributed by atoms with Crippen molar-refractivity contribution in [3.63, 3.8) is 0 Å². The molecule has 4 N–H and O–H groups in total. The van der Waals surface area contributed by atoms with Crippen LogP contribution < -0.4 is 16.1 Å². The minimum Gasteiger partial charge on any atom is -0.357 e. The molecule has 0 bridgehead atoms. The molecule has 27 heavy (non-hydrogen) atoms. The normalized spacial score (nSPS) is 14.2. The maximum Gasteiger partial charge on any atom is 0.262 e. The zero-order valence-corrected chi connectivity index (χ0v) is 17.0. The molecule has 0 saturated carbocycles. The number of nitrogens with one attached hydrogen (secondary N) is 3. The Balaban J connectivity index is 2.98. The number of hydroxylamine groups is 1. The molecular formula is C18H25Cl2N3O4. The number of alkyl halides is 1. The quantitative estimate of drug-likeness (QED) is 0.279. The molecule has 0 aromatic heterocycles. The number of carbonyl (C=O) groups is 3. The van der Waals surface area contributed by atoms with Gasteiger partial charge in [0.2, 0.25) is 11.8 Å². The van der Waals surface area contributed by atoms with Crippen LogP contribution in [0.2, 0.25) is 5.02 Å². The summed E-state index contributed by atoms with van der Waals surface area (Å²) in [5.74, 6) is -2.61. The first kappa shape index (κ1) is 23.2. The number of halogens is 2. The second-order valence-electron chi connectivity index (χ2n) is 6.62. The standard InChI is InChI=1S/C18H25Cl2N3O4/c1-10(2)8-13(15(20)18(26)23-27)16(24)22-14(17(25)21-3)9-11-4-6-12(19)7-5-11/h4-7,10,13-15,27H,8-9H2,1-3H3,(H,21,25)(H,22,24)(H,23,26)/t13-,14+,15-/m1/s1. The minimum absolute atomic E-state index is 0.0724. The number of hydrogen-bond acceptors (Lipinski definition) is 4. The van der Waals surface area contributed by atoms with E-state index in [-0.39, 0.29) is 18.2 Å². The van der Waals surface area contributed by atoms with Gasteiger partial charge in [0.15, 0.2) is 0 Å². The van der Waals surface area contributed by atoms with Gasteiger partial charge >= 0.3 is 0 Å². The Morgan fingerprint density at radius 1 is 1.07 bits per heavy atom. The van der Waals surface area contributed by atoms with E-state index in [0.29, 0.717) is 11.4 Å². The molecule has 0 spiro atoms. The molecule has 0 heterocycles. The van der Waals surface area contributed by atoms with E-state index in [1.54, 1.807) is 24.3 Å². The van der Waals surface area contributed by atoms with Gasteiger partial charge in [0.25, 0.3) is 5.91 Å². The lowest BCUT2D eigenvalue weighted by Crippen LogP contribution is -2.51. The molecule has 1 aromatic rings. The number of benzene rings is 1. The largest absolute Gasteiger partial charge is 0.357 e. The molecule has 0 fully saturated rings. The van der Waals surface area contributed by atoms with Crippen LogP contribution in [0.4, 0.5) is 0 Å². The zero-order chi connectivity index (χ0) is 20.6. The van der Waals surface area contributed by atoms with Crippen LogP contribution in [0.5, 0.6) is 0 Å². The predicted molar refractivity (Wildman–Crippen MR) is 104 cm³/mol. The maximum absolute atomic E-state index is 12.8. The van der Waals surface area contributed by atoms with E-state index in [0.717, 1.165) is 5.56 Å². The molecule has 3 atom stereocenters. The van der Waals surface area contributed by atoms with Gasteiger partial charge in [-0.1, -0.05) is 37.6 Å². The summed E-state index contributed by atoms with van der Waals surface area (Å²) in [5.41, 5.74) is 2.27. The van der Waals surface area contributed by atoms with Crippen LogP contribution in [0.1, 0.15) is 25.8 Å². The van der Waals surface area contributed by atoms with Crippen molar-refractivity contribution in [2.24, 2.45) is 11.8 Å². The Labute approximate surface area is 168 Å². The van der Waals surface area contributed by atoms with Gasteiger partial charge in [0.1, 0.15) is 11.4 Å². The summed E-state index contributed by atoms with van der Waals surface area (Å²) in [5, 5.41) is 13.3. The Kier molecular flexibility index (Phi) is 9.55. The van der Waals surface area contributed by atoms with Crippen molar-refractivity contribution >= 4 is 40.9 Å². The van der Waals surface area contributed by atoms with Crippen LogP contribution in [0.3, 0.4) is 0 Å². The van der Waals surface area contributed by atoms with E-state index in [2.05, 4.69) is 10.6 Å². The summed E-state index contributed by atoms with van der Waals surface area (Å²) in [6, 6.07) is 6.07. The monoisotopic (exact) mass is 417 g/mol. The SMILES string of the molecule is CNC(=O)[C@H](Cc1ccc(Cl)cc1)NC(=O)[C@H](CC(C)C)[C@@H](Cl)C(=O)NO. The van der Waals surface area contributed by atoms with Crippen LogP contribution in [-0.2, 0) is 20.8 Å².